The summed E-state index contributed by atoms with van der Waals surface area (Å²) < 4.78 is 5.39. The molecule has 4 heteroatoms. The van der Waals surface area contributed by atoms with E-state index in [0.717, 1.165) is 23.7 Å². The molecule has 2 aromatic rings. The quantitative estimate of drug-likeness (QED) is 0.868. The summed E-state index contributed by atoms with van der Waals surface area (Å²) in [5.41, 5.74) is 4.58. The minimum Gasteiger partial charge on any atom is -0.496 e. The molecule has 0 fully saturated rings. The second-order valence-electron chi connectivity index (χ2n) is 4.76. The van der Waals surface area contributed by atoms with Crippen molar-refractivity contribution in [3.8, 4) is 5.75 Å². The first-order chi connectivity index (χ1) is 9.13. The first-order valence-corrected chi connectivity index (χ1v) is 6.50. The van der Waals surface area contributed by atoms with Crippen LogP contribution in [0.4, 0.5) is 0 Å². The molecule has 1 heterocycles. The Morgan fingerprint density at radius 2 is 2.05 bits per heavy atom. The van der Waals surface area contributed by atoms with Crippen molar-refractivity contribution in [2.75, 3.05) is 7.11 Å². The Morgan fingerprint density at radius 3 is 2.68 bits per heavy atom. The zero-order chi connectivity index (χ0) is 13.8. The summed E-state index contributed by atoms with van der Waals surface area (Å²) in [6.45, 7) is 7.01. The molecule has 0 aliphatic rings. The fourth-order valence-electron chi connectivity index (χ4n) is 2.22. The first kappa shape index (κ1) is 13.6. The number of aromatic amines is 1. The summed E-state index contributed by atoms with van der Waals surface area (Å²) in [7, 11) is 1.70. The fourth-order valence-corrected chi connectivity index (χ4v) is 2.22. The molecule has 0 aliphatic heterocycles. The van der Waals surface area contributed by atoms with Crippen LogP contribution in [-0.4, -0.2) is 17.3 Å². The molecule has 0 aliphatic carbocycles. The normalized spacial score (nSPS) is 12.4. The second kappa shape index (κ2) is 5.89. The first-order valence-electron chi connectivity index (χ1n) is 6.50. The molecule has 0 radical (unpaired) electrons. The van der Waals surface area contributed by atoms with Gasteiger partial charge in [0.05, 0.1) is 12.8 Å². The van der Waals surface area contributed by atoms with Gasteiger partial charge in [-0.05, 0) is 26.8 Å². The standard InChI is InChI=1S/C15H21N3O/c1-10(13-7-5-6-8-15(13)19-4)16-9-14-11(2)17-18-12(14)3/h5-8,10,16H,9H2,1-4H3,(H,17,18). The molecule has 0 bridgehead atoms. The van der Waals surface area contributed by atoms with Crippen LogP contribution >= 0.6 is 0 Å². The number of nitrogens with zero attached hydrogens (tertiary/aromatic N) is 1. The Labute approximate surface area is 114 Å². The Hall–Kier alpha value is -1.81. The van der Waals surface area contributed by atoms with Crippen LogP contribution in [-0.2, 0) is 6.54 Å². The topological polar surface area (TPSA) is 49.9 Å². The van der Waals surface area contributed by atoms with Crippen LogP contribution in [0.3, 0.4) is 0 Å². The van der Waals surface area contributed by atoms with Gasteiger partial charge in [-0.1, -0.05) is 18.2 Å². The molecule has 4 nitrogen and oxygen atoms in total. The van der Waals surface area contributed by atoms with Crippen LogP contribution < -0.4 is 10.1 Å². The molecule has 0 saturated heterocycles. The van der Waals surface area contributed by atoms with Crippen LogP contribution in [0.2, 0.25) is 0 Å². The van der Waals surface area contributed by atoms with Crippen molar-refractivity contribution in [3.63, 3.8) is 0 Å². The van der Waals surface area contributed by atoms with Crippen LogP contribution in [0.15, 0.2) is 24.3 Å². The van der Waals surface area contributed by atoms with Crippen molar-refractivity contribution in [2.45, 2.75) is 33.4 Å². The van der Waals surface area contributed by atoms with Gasteiger partial charge in [-0.3, -0.25) is 5.10 Å². The van der Waals surface area contributed by atoms with E-state index in [-0.39, 0.29) is 6.04 Å². The Morgan fingerprint density at radius 1 is 1.32 bits per heavy atom. The molecule has 0 amide bonds. The number of para-hydroxylation sites is 1. The third kappa shape index (κ3) is 2.96. The van der Waals surface area contributed by atoms with Gasteiger partial charge >= 0.3 is 0 Å². The molecule has 102 valence electrons. The highest BCUT2D eigenvalue weighted by Gasteiger charge is 2.12. The second-order valence-corrected chi connectivity index (χ2v) is 4.76. The molecule has 1 unspecified atom stereocenters. The zero-order valence-corrected chi connectivity index (χ0v) is 11.9. The average Bonchev–Trinajstić information content (AvgIpc) is 2.75. The van der Waals surface area contributed by atoms with Gasteiger partial charge in [0.2, 0.25) is 0 Å². The number of hydrogen-bond acceptors (Lipinski definition) is 3. The predicted molar refractivity (Wildman–Crippen MR) is 76.3 cm³/mol. The third-order valence-electron chi connectivity index (χ3n) is 3.47. The third-order valence-corrected chi connectivity index (χ3v) is 3.47. The molecule has 0 saturated carbocycles. The number of benzene rings is 1. The smallest absolute Gasteiger partial charge is 0.123 e. The molecule has 1 atom stereocenters. The Bertz CT molecular complexity index is 529. The van der Waals surface area contributed by atoms with E-state index in [4.69, 9.17) is 4.74 Å². The van der Waals surface area contributed by atoms with E-state index in [1.165, 1.54) is 11.1 Å². The lowest BCUT2D eigenvalue weighted by Crippen LogP contribution is -2.19. The molecule has 19 heavy (non-hydrogen) atoms. The average molecular weight is 259 g/mol. The van der Waals surface area contributed by atoms with Gasteiger partial charge < -0.3 is 10.1 Å². The molecule has 0 spiro atoms. The summed E-state index contributed by atoms with van der Waals surface area (Å²) in [5, 5.41) is 10.7. The van der Waals surface area contributed by atoms with Crippen LogP contribution in [0, 0.1) is 13.8 Å². The number of H-pyrrole nitrogens is 1. The summed E-state index contributed by atoms with van der Waals surface area (Å²) >= 11 is 0. The highest BCUT2D eigenvalue weighted by molar-refractivity contribution is 5.35. The van der Waals surface area contributed by atoms with Crippen molar-refractivity contribution < 1.29 is 4.74 Å². The van der Waals surface area contributed by atoms with Gasteiger partial charge in [-0.25, -0.2) is 0 Å². The predicted octanol–water partition coefficient (Wildman–Crippen LogP) is 2.89. The van der Waals surface area contributed by atoms with Gasteiger partial charge in [0, 0.05) is 29.4 Å². The van der Waals surface area contributed by atoms with Gasteiger partial charge in [0.15, 0.2) is 0 Å². The van der Waals surface area contributed by atoms with E-state index in [2.05, 4.69) is 28.5 Å². The van der Waals surface area contributed by atoms with Crippen molar-refractivity contribution >= 4 is 0 Å². The van der Waals surface area contributed by atoms with Crippen molar-refractivity contribution in [2.24, 2.45) is 0 Å². The van der Waals surface area contributed by atoms with E-state index >= 15 is 0 Å². The molecule has 2 N–H and O–H groups in total. The summed E-state index contributed by atoms with van der Waals surface area (Å²) in [5.74, 6) is 0.920. The van der Waals surface area contributed by atoms with Gasteiger partial charge in [0.1, 0.15) is 5.75 Å². The zero-order valence-electron chi connectivity index (χ0n) is 11.9. The largest absolute Gasteiger partial charge is 0.496 e. The van der Waals surface area contributed by atoms with Crippen LogP contribution in [0.25, 0.3) is 0 Å². The Balaban J connectivity index is 2.07. The number of aryl methyl sites for hydroxylation is 2. The minimum absolute atomic E-state index is 0.227. The summed E-state index contributed by atoms with van der Waals surface area (Å²) in [4.78, 5) is 0. The highest BCUT2D eigenvalue weighted by Crippen LogP contribution is 2.24. The summed E-state index contributed by atoms with van der Waals surface area (Å²) in [6.07, 6.45) is 0. The molecular formula is C15H21N3O. The van der Waals surface area contributed by atoms with Crippen LogP contribution in [0.5, 0.6) is 5.75 Å². The monoisotopic (exact) mass is 259 g/mol. The lowest BCUT2D eigenvalue weighted by Gasteiger charge is -2.17. The number of rotatable bonds is 5. The van der Waals surface area contributed by atoms with Crippen LogP contribution in [0.1, 0.15) is 35.5 Å². The Kier molecular flexibility index (Phi) is 4.22. The lowest BCUT2D eigenvalue weighted by molar-refractivity contribution is 0.401. The SMILES string of the molecule is COc1ccccc1C(C)NCc1c(C)n[nH]c1C. The van der Waals surface area contributed by atoms with E-state index in [0.29, 0.717) is 0 Å². The van der Waals surface area contributed by atoms with Gasteiger partial charge in [-0.15, -0.1) is 0 Å². The molecule has 1 aromatic carbocycles. The lowest BCUT2D eigenvalue weighted by atomic mass is 10.1. The number of hydrogen-bond donors (Lipinski definition) is 2. The maximum absolute atomic E-state index is 5.39. The van der Waals surface area contributed by atoms with E-state index < -0.39 is 0 Å². The fraction of sp³-hybridized carbons (Fsp3) is 0.400. The van der Waals surface area contributed by atoms with E-state index in [1.54, 1.807) is 7.11 Å². The molecule has 1 aromatic heterocycles. The highest BCUT2D eigenvalue weighted by atomic mass is 16.5. The molecule has 2 rings (SSSR count). The van der Waals surface area contributed by atoms with Crippen molar-refractivity contribution in [1.82, 2.24) is 15.5 Å². The molecular weight excluding hydrogens is 238 g/mol. The number of nitrogens with one attached hydrogen (secondary N) is 2. The minimum atomic E-state index is 0.227. The van der Waals surface area contributed by atoms with Gasteiger partial charge in [-0.2, -0.15) is 5.10 Å². The summed E-state index contributed by atoms with van der Waals surface area (Å²) in [6, 6.07) is 8.32. The number of methoxy groups -OCH3 is 1. The van der Waals surface area contributed by atoms with Crippen molar-refractivity contribution in [1.29, 1.82) is 0 Å². The van der Waals surface area contributed by atoms with E-state index in [1.807, 2.05) is 32.0 Å². The number of ether oxygens (including phenoxy) is 1. The maximum Gasteiger partial charge on any atom is 0.123 e. The van der Waals surface area contributed by atoms with Crippen molar-refractivity contribution in [3.05, 3.63) is 46.8 Å². The maximum atomic E-state index is 5.39. The van der Waals surface area contributed by atoms with E-state index in [9.17, 15) is 0 Å². The van der Waals surface area contributed by atoms with Gasteiger partial charge in [0.25, 0.3) is 0 Å². The number of aromatic nitrogens is 2.